The van der Waals surface area contributed by atoms with Crippen LogP contribution in [-0.2, 0) is 0 Å². The predicted octanol–water partition coefficient (Wildman–Crippen LogP) is 8.38. The van der Waals surface area contributed by atoms with Crippen molar-refractivity contribution >= 4 is 45.8 Å². The molecule has 0 saturated carbocycles. The molecule has 1 aliphatic heterocycles. The van der Waals surface area contributed by atoms with Crippen molar-refractivity contribution in [2.24, 2.45) is 0 Å². The number of rotatable bonds is 7. The molecule has 5 heterocycles. The van der Waals surface area contributed by atoms with E-state index >= 15 is 0 Å². The van der Waals surface area contributed by atoms with Crippen LogP contribution in [-0.4, -0.2) is 19.9 Å². The van der Waals surface area contributed by atoms with Gasteiger partial charge in [0.2, 0.25) is 0 Å². The van der Waals surface area contributed by atoms with Gasteiger partial charge in [-0.1, -0.05) is 103 Å². The third kappa shape index (κ3) is 6.15. The summed E-state index contributed by atoms with van der Waals surface area (Å²) < 4.78 is 0. The van der Waals surface area contributed by atoms with Crippen molar-refractivity contribution in [2.45, 2.75) is 0 Å². The highest BCUT2D eigenvalue weighted by Gasteiger charge is 2.23. The van der Waals surface area contributed by atoms with Crippen LogP contribution in [0.2, 0.25) is 0 Å². The Balaban J connectivity index is 1.30. The van der Waals surface area contributed by atoms with E-state index in [4.69, 9.17) is 0 Å². The Bertz CT molecular complexity index is 2930. The molecule has 0 fully saturated rings. The van der Waals surface area contributed by atoms with E-state index in [2.05, 4.69) is 236 Å². The molecule has 0 spiro atoms. The lowest BCUT2D eigenvalue weighted by Crippen LogP contribution is -2.27. The summed E-state index contributed by atoms with van der Waals surface area (Å²) in [5.41, 5.74) is 12.3. The van der Waals surface area contributed by atoms with Crippen LogP contribution < -0.4 is 31.2 Å². The molecule has 10 rings (SSSR count). The number of hydrogen-bond donors (Lipinski definition) is 4. The SMILES string of the molecule is C1=c2ccc([nH]2)=C(N(c2ccccc2)c2ccccc2)c2ccc([nH]2)C(c2ccccc2)=c2ccc([nH]2)=C(N(c2ccccc2)c2ccccc2)c2ccc1[nH]2. The van der Waals surface area contributed by atoms with Crippen molar-refractivity contribution in [3.05, 3.63) is 250 Å². The Kier molecular flexibility index (Phi) is 8.39. The molecule has 56 heavy (non-hydrogen) atoms. The van der Waals surface area contributed by atoms with Crippen molar-refractivity contribution in [2.75, 3.05) is 9.80 Å². The molecular weight excluding hydrogens is 685 g/mol. The van der Waals surface area contributed by atoms with Gasteiger partial charge < -0.3 is 29.7 Å². The van der Waals surface area contributed by atoms with Gasteiger partial charge in [-0.25, -0.2) is 0 Å². The van der Waals surface area contributed by atoms with E-state index in [9.17, 15) is 0 Å². The first-order chi connectivity index (χ1) is 27.8. The first-order valence-electron chi connectivity index (χ1n) is 18.9. The Labute approximate surface area is 324 Å². The minimum absolute atomic E-state index is 0.974. The molecule has 6 nitrogen and oxygen atoms in total. The molecule has 9 aromatic rings. The zero-order chi connectivity index (χ0) is 37.3. The van der Waals surface area contributed by atoms with Crippen molar-refractivity contribution in [1.29, 1.82) is 0 Å². The predicted molar refractivity (Wildman–Crippen MR) is 228 cm³/mol. The molecule has 8 bridgehead atoms. The van der Waals surface area contributed by atoms with Gasteiger partial charge in [0.05, 0.1) is 33.5 Å². The standard InChI is InChI=1S/C50H38N6/c1-6-16-35(17-7-1)48-42-30-32-46(53-42)49(55(38-18-8-2-9-19-38)39-20-10-3-11-21-39)44-28-26-36(51-44)34-37-27-29-45(52-37)50(47-33-31-43(48)54-47)56(40-22-12-4-13-23-40)41-24-14-5-15-25-41/h1-34,51-54H. The highest BCUT2D eigenvalue weighted by Crippen LogP contribution is 2.35. The van der Waals surface area contributed by atoms with E-state index in [0.717, 1.165) is 89.5 Å². The first kappa shape index (κ1) is 32.9. The van der Waals surface area contributed by atoms with Crippen molar-refractivity contribution in [1.82, 2.24) is 19.9 Å². The molecule has 4 aromatic heterocycles. The molecule has 0 aliphatic carbocycles. The Hall–Kier alpha value is -7.70. The summed E-state index contributed by atoms with van der Waals surface area (Å²) >= 11 is 0. The number of nitrogens with zero attached hydrogens (tertiary/aromatic N) is 2. The number of aromatic amines is 4. The van der Waals surface area contributed by atoms with Crippen LogP contribution in [0.1, 0.15) is 28.3 Å². The van der Waals surface area contributed by atoms with Gasteiger partial charge >= 0.3 is 0 Å². The van der Waals surface area contributed by atoms with Gasteiger partial charge in [0.25, 0.3) is 0 Å². The summed E-state index contributed by atoms with van der Waals surface area (Å²) in [7, 11) is 0. The lowest BCUT2D eigenvalue weighted by molar-refractivity contribution is 1.15. The molecule has 0 saturated heterocycles. The van der Waals surface area contributed by atoms with Crippen molar-refractivity contribution in [3.8, 4) is 0 Å². The second-order valence-corrected chi connectivity index (χ2v) is 13.8. The number of H-pyrrole nitrogens is 4. The summed E-state index contributed by atoms with van der Waals surface area (Å²) in [6, 6.07) is 70.2. The second-order valence-electron chi connectivity index (χ2n) is 13.8. The third-order valence-electron chi connectivity index (χ3n) is 10.2. The number of hydrogen-bond acceptors (Lipinski definition) is 2. The zero-order valence-electron chi connectivity index (χ0n) is 30.5. The van der Waals surface area contributed by atoms with Crippen LogP contribution in [0, 0.1) is 0 Å². The lowest BCUT2D eigenvalue weighted by atomic mass is 10.0. The van der Waals surface area contributed by atoms with E-state index in [0.29, 0.717) is 0 Å². The third-order valence-corrected chi connectivity index (χ3v) is 10.2. The van der Waals surface area contributed by atoms with Gasteiger partial charge in [0, 0.05) is 50.4 Å². The van der Waals surface area contributed by atoms with Gasteiger partial charge in [-0.2, -0.15) is 0 Å². The average Bonchev–Trinajstić information content (AvgIpc) is 4.11. The van der Waals surface area contributed by atoms with Crippen LogP contribution in [0.5, 0.6) is 0 Å². The summed E-state index contributed by atoms with van der Waals surface area (Å²) in [5, 5.41) is 3.93. The van der Waals surface area contributed by atoms with E-state index in [-0.39, 0.29) is 0 Å². The molecule has 5 aromatic carbocycles. The lowest BCUT2D eigenvalue weighted by Gasteiger charge is -2.27. The first-order valence-corrected chi connectivity index (χ1v) is 18.9. The Morgan fingerprint density at radius 1 is 0.304 bits per heavy atom. The highest BCUT2D eigenvalue weighted by atomic mass is 15.2. The van der Waals surface area contributed by atoms with E-state index in [1.807, 2.05) is 0 Å². The Morgan fingerprint density at radius 3 is 1.29 bits per heavy atom. The summed E-state index contributed by atoms with van der Waals surface area (Å²) in [4.78, 5) is 20.0. The topological polar surface area (TPSA) is 69.6 Å². The van der Waals surface area contributed by atoms with Gasteiger partial charge in [0.1, 0.15) is 0 Å². The zero-order valence-corrected chi connectivity index (χ0v) is 30.5. The molecule has 4 N–H and O–H groups in total. The quantitative estimate of drug-likeness (QED) is 0.134. The molecular formula is C50H38N6. The van der Waals surface area contributed by atoms with Crippen LogP contribution in [0.25, 0.3) is 23.0 Å². The van der Waals surface area contributed by atoms with Gasteiger partial charge in [-0.05, 0) is 109 Å². The fraction of sp³-hybridized carbons (Fsp3) is 0. The number of aromatic nitrogens is 4. The maximum absolute atomic E-state index is 3.91. The van der Waals surface area contributed by atoms with E-state index < -0.39 is 0 Å². The number of benzene rings is 5. The van der Waals surface area contributed by atoms with Gasteiger partial charge in [0.15, 0.2) is 0 Å². The molecule has 0 atom stereocenters. The van der Waals surface area contributed by atoms with Crippen LogP contribution in [0.4, 0.5) is 22.7 Å². The number of para-hydroxylation sites is 4. The summed E-state index contributed by atoms with van der Waals surface area (Å²) in [6.07, 6.45) is 2.17. The molecule has 1 aliphatic rings. The van der Waals surface area contributed by atoms with E-state index in [1.165, 1.54) is 0 Å². The molecule has 0 unspecified atom stereocenters. The number of fused-ring (bicyclic) bond motifs is 8. The van der Waals surface area contributed by atoms with Crippen molar-refractivity contribution in [3.63, 3.8) is 0 Å². The molecule has 0 amide bonds. The highest BCUT2D eigenvalue weighted by molar-refractivity contribution is 5.89. The van der Waals surface area contributed by atoms with Gasteiger partial charge in [-0.3, -0.25) is 0 Å². The fourth-order valence-electron chi connectivity index (χ4n) is 7.75. The van der Waals surface area contributed by atoms with E-state index in [1.54, 1.807) is 0 Å². The number of anilines is 4. The number of nitrogens with one attached hydrogen (secondary N) is 4. The van der Waals surface area contributed by atoms with Crippen molar-refractivity contribution < 1.29 is 0 Å². The summed E-state index contributed by atoms with van der Waals surface area (Å²) in [5.74, 6) is 0. The maximum Gasteiger partial charge on any atom is 0.0935 e. The smallest absolute Gasteiger partial charge is 0.0935 e. The largest absolute Gasteiger partial charge is 0.354 e. The Morgan fingerprint density at radius 2 is 0.732 bits per heavy atom. The van der Waals surface area contributed by atoms with Crippen LogP contribution in [0.3, 0.4) is 0 Å². The maximum atomic E-state index is 3.91. The van der Waals surface area contributed by atoms with Crippen LogP contribution >= 0.6 is 0 Å². The fourth-order valence-corrected chi connectivity index (χ4v) is 7.75. The summed E-state index contributed by atoms with van der Waals surface area (Å²) in [6.45, 7) is 0. The second kappa shape index (κ2) is 14.3. The molecule has 268 valence electrons. The minimum Gasteiger partial charge on any atom is -0.354 e. The molecule has 0 radical (unpaired) electrons. The minimum atomic E-state index is 0.974. The average molecular weight is 723 g/mol. The van der Waals surface area contributed by atoms with Crippen LogP contribution in [0.15, 0.2) is 200 Å². The molecule has 6 heteroatoms. The monoisotopic (exact) mass is 722 g/mol. The van der Waals surface area contributed by atoms with Gasteiger partial charge in [-0.15, -0.1) is 0 Å². The normalized spacial score (nSPS) is 12.3.